The lowest BCUT2D eigenvalue weighted by Gasteiger charge is -2.34. The summed E-state index contributed by atoms with van der Waals surface area (Å²) in [6.45, 7) is 11.0. The summed E-state index contributed by atoms with van der Waals surface area (Å²) >= 11 is 6.09. The van der Waals surface area contributed by atoms with E-state index < -0.39 is 29.4 Å². The largest absolute Gasteiger partial charge is 0.485 e. The van der Waals surface area contributed by atoms with E-state index >= 15 is 0 Å². The van der Waals surface area contributed by atoms with Crippen molar-refractivity contribution in [1.29, 1.82) is 0 Å². The number of carbonyl (C=O) groups excluding carboxylic acids is 2. The Hall–Kier alpha value is -2.97. The molecule has 1 amide bonds. The number of hydrogen-bond acceptors (Lipinski definition) is 7. The molecule has 1 N–H and O–H groups in total. The van der Waals surface area contributed by atoms with Crippen LogP contribution in [0.25, 0.3) is 0 Å². The van der Waals surface area contributed by atoms with Crippen LogP contribution in [0.5, 0.6) is 11.5 Å². The number of fused-ring (bicyclic) bond motifs is 1. The maximum Gasteiger partial charge on any atom is 0.410 e. The Labute approximate surface area is 223 Å². The van der Waals surface area contributed by atoms with Crippen LogP contribution in [-0.4, -0.2) is 59.1 Å². The second-order valence-electron chi connectivity index (χ2n) is 10.4. The van der Waals surface area contributed by atoms with Crippen molar-refractivity contribution in [2.24, 2.45) is 0 Å². The van der Waals surface area contributed by atoms with E-state index in [2.05, 4.69) is 0 Å². The Morgan fingerprint density at radius 1 is 1.19 bits per heavy atom. The van der Waals surface area contributed by atoms with Gasteiger partial charge in [-0.25, -0.2) is 9.59 Å². The van der Waals surface area contributed by atoms with Gasteiger partial charge in [-0.3, -0.25) is 0 Å². The molecule has 0 bridgehead atoms. The standard InChI is InChI=1S/C28H36ClNO7/c1-7-34-25(32)28(6)17-35-24-14-19(11-12-23(24)36-28)13-18(2)30(26(33)37-27(3,4)5)16-22(31)20-9-8-10-21(29)15-20/h8-12,14-15,18,22,31H,7,13,16-17H2,1-6H3/t18-,22+,28-/m1/s1. The summed E-state index contributed by atoms with van der Waals surface area (Å²) in [5.41, 5.74) is -0.418. The van der Waals surface area contributed by atoms with E-state index in [-0.39, 0.29) is 25.8 Å². The normalized spacial score (nSPS) is 18.5. The summed E-state index contributed by atoms with van der Waals surface area (Å²) in [6, 6.07) is 12.0. The maximum atomic E-state index is 13.1. The molecule has 1 aliphatic rings. The molecule has 0 unspecified atom stereocenters. The minimum Gasteiger partial charge on any atom is -0.485 e. The number of carbonyl (C=O) groups is 2. The Morgan fingerprint density at radius 2 is 1.92 bits per heavy atom. The molecule has 0 aliphatic carbocycles. The summed E-state index contributed by atoms with van der Waals surface area (Å²) in [6.07, 6.45) is -1.01. The summed E-state index contributed by atoms with van der Waals surface area (Å²) in [4.78, 5) is 26.9. The molecule has 3 atom stereocenters. The third-order valence-electron chi connectivity index (χ3n) is 5.85. The van der Waals surface area contributed by atoms with Crippen LogP contribution in [-0.2, 0) is 20.7 Å². The highest BCUT2D eigenvalue weighted by Crippen LogP contribution is 2.37. The topological polar surface area (TPSA) is 94.5 Å². The number of rotatable bonds is 8. The SMILES string of the molecule is CCOC(=O)[C@@]1(C)COc2cc(C[C@@H](C)N(C[C@H](O)c3cccc(Cl)c3)C(=O)OC(C)(C)C)ccc2O1. The molecule has 202 valence electrons. The van der Waals surface area contributed by atoms with E-state index in [1.165, 1.54) is 4.90 Å². The number of halogens is 1. The molecule has 0 fully saturated rings. The molecule has 2 aromatic carbocycles. The first-order valence-corrected chi connectivity index (χ1v) is 12.7. The van der Waals surface area contributed by atoms with E-state index in [0.29, 0.717) is 28.5 Å². The first kappa shape index (κ1) is 28.6. The van der Waals surface area contributed by atoms with Gasteiger partial charge < -0.3 is 29.0 Å². The van der Waals surface area contributed by atoms with E-state index in [1.807, 2.05) is 19.1 Å². The summed E-state index contributed by atoms with van der Waals surface area (Å²) < 4.78 is 22.5. The van der Waals surface area contributed by atoms with Gasteiger partial charge in [0.25, 0.3) is 0 Å². The number of amides is 1. The molecule has 1 heterocycles. The van der Waals surface area contributed by atoms with Crippen LogP contribution in [0.15, 0.2) is 42.5 Å². The van der Waals surface area contributed by atoms with Gasteiger partial charge in [0.1, 0.15) is 12.2 Å². The Bertz CT molecular complexity index is 1120. The average molecular weight is 534 g/mol. The van der Waals surface area contributed by atoms with E-state index in [4.69, 9.17) is 30.5 Å². The Balaban J connectivity index is 1.77. The number of aliphatic hydroxyl groups is 1. The fourth-order valence-corrected chi connectivity index (χ4v) is 4.16. The van der Waals surface area contributed by atoms with Crippen molar-refractivity contribution < 1.29 is 33.6 Å². The van der Waals surface area contributed by atoms with Crippen LogP contribution in [0, 0.1) is 0 Å². The van der Waals surface area contributed by atoms with Crippen molar-refractivity contribution in [3.63, 3.8) is 0 Å². The van der Waals surface area contributed by atoms with Gasteiger partial charge in [0.2, 0.25) is 5.60 Å². The van der Waals surface area contributed by atoms with Crippen LogP contribution < -0.4 is 9.47 Å². The molecular formula is C28H36ClNO7. The van der Waals surface area contributed by atoms with Crippen molar-refractivity contribution in [2.45, 2.75) is 71.3 Å². The van der Waals surface area contributed by atoms with Crippen LogP contribution in [0.3, 0.4) is 0 Å². The summed E-state index contributed by atoms with van der Waals surface area (Å²) in [5, 5.41) is 11.4. The number of nitrogens with zero attached hydrogens (tertiary/aromatic N) is 1. The van der Waals surface area contributed by atoms with Crippen molar-refractivity contribution >= 4 is 23.7 Å². The predicted octanol–water partition coefficient (Wildman–Crippen LogP) is 5.33. The highest BCUT2D eigenvalue weighted by Gasteiger charge is 2.42. The van der Waals surface area contributed by atoms with Gasteiger partial charge in [-0.2, -0.15) is 0 Å². The van der Waals surface area contributed by atoms with Crippen molar-refractivity contribution in [3.8, 4) is 11.5 Å². The summed E-state index contributed by atoms with van der Waals surface area (Å²) in [5.74, 6) is 0.470. The molecule has 9 heteroatoms. The zero-order valence-electron chi connectivity index (χ0n) is 22.2. The molecule has 0 saturated heterocycles. The van der Waals surface area contributed by atoms with E-state index in [9.17, 15) is 14.7 Å². The molecule has 0 saturated carbocycles. The third-order valence-corrected chi connectivity index (χ3v) is 6.08. The molecule has 1 aliphatic heterocycles. The quantitative estimate of drug-likeness (QED) is 0.458. The predicted molar refractivity (Wildman–Crippen MR) is 140 cm³/mol. The molecule has 0 radical (unpaired) electrons. The minimum absolute atomic E-state index is 0.0215. The van der Waals surface area contributed by atoms with Crippen LogP contribution in [0.2, 0.25) is 5.02 Å². The maximum absolute atomic E-state index is 13.1. The Kier molecular flexibility index (Phi) is 8.97. The lowest BCUT2D eigenvalue weighted by atomic mass is 10.0. The fourth-order valence-electron chi connectivity index (χ4n) is 3.96. The second kappa shape index (κ2) is 11.6. The number of esters is 1. The highest BCUT2D eigenvalue weighted by atomic mass is 35.5. The van der Waals surface area contributed by atoms with Crippen LogP contribution in [0.4, 0.5) is 4.79 Å². The highest BCUT2D eigenvalue weighted by molar-refractivity contribution is 6.30. The zero-order valence-corrected chi connectivity index (χ0v) is 23.0. The first-order valence-electron chi connectivity index (χ1n) is 12.4. The molecular weight excluding hydrogens is 498 g/mol. The van der Waals surface area contributed by atoms with Crippen LogP contribution in [0.1, 0.15) is 58.8 Å². The molecule has 3 rings (SSSR count). The minimum atomic E-state index is -1.22. The molecule has 8 nitrogen and oxygen atoms in total. The van der Waals surface area contributed by atoms with E-state index in [0.717, 1.165) is 5.56 Å². The molecule has 37 heavy (non-hydrogen) atoms. The molecule has 0 spiro atoms. The zero-order chi connectivity index (χ0) is 27.4. The number of hydrogen-bond donors (Lipinski definition) is 1. The van der Waals surface area contributed by atoms with Gasteiger partial charge in [-0.1, -0.05) is 29.8 Å². The second-order valence-corrected chi connectivity index (χ2v) is 10.8. The summed E-state index contributed by atoms with van der Waals surface area (Å²) in [7, 11) is 0. The van der Waals surface area contributed by atoms with Gasteiger partial charge in [-0.15, -0.1) is 0 Å². The fraction of sp³-hybridized carbons (Fsp3) is 0.500. The number of benzene rings is 2. The van der Waals surface area contributed by atoms with Gasteiger partial charge in [0.05, 0.1) is 19.3 Å². The third kappa shape index (κ3) is 7.52. The lowest BCUT2D eigenvalue weighted by molar-refractivity contribution is -0.164. The number of ether oxygens (including phenoxy) is 4. The van der Waals surface area contributed by atoms with Crippen LogP contribution >= 0.6 is 11.6 Å². The lowest BCUT2D eigenvalue weighted by Crippen LogP contribution is -2.50. The van der Waals surface area contributed by atoms with Crippen molar-refractivity contribution in [3.05, 3.63) is 58.6 Å². The van der Waals surface area contributed by atoms with E-state index in [1.54, 1.807) is 65.0 Å². The van der Waals surface area contributed by atoms with Gasteiger partial charge >= 0.3 is 12.1 Å². The number of aliphatic hydroxyl groups excluding tert-OH is 1. The van der Waals surface area contributed by atoms with Gasteiger partial charge in [0, 0.05) is 11.1 Å². The Morgan fingerprint density at radius 3 is 2.57 bits per heavy atom. The molecule has 0 aromatic heterocycles. The first-order chi connectivity index (χ1) is 17.3. The van der Waals surface area contributed by atoms with Gasteiger partial charge in [-0.05, 0) is 83.4 Å². The van der Waals surface area contributed by atoms with Crippen molar-refractivity contribution in [2.75, 3.05) is 19.8 Å². The smallest absolute Gasteiger partial charge is 0.410 e. The average Bonchev–Trinajstić information content (AvgIpc) is 2.81. The van der Waals surface area contributed by atoms with Gasteiger partial charge in [0.15, 0.2) is 11.5 Å². The molecule has 2 aromatic rings. The van der Waals surface area contributed by atoms with Crippen molar-refractivity contribution in [1.82, 2.24) is 4.90 Å². The monoisotopic (exact) mass is 533 g/mol.